The number of imide groups is 1. The number of carbonyl (C=O) groups excluding carboxylic acids is 3. The lowest BCUT2D eigenvalue weighted by Gasteiger charge is -2.28. The van der Waals surface area contributed by atoms with E-state index in [0.29, 0.717) is 38.8 Å². The average Bonchev–Trinajstić information content (AvgIpc) is 2.23. The van der Waals surface area contributed by atoms with Gasteiger partial charge in [-0.3, -0.25) is 19.3 Å². The second kappa shape index (κ2) is 5.45. The number of nitrogens with zero attached hydrogens (tertiary/aromatic N) is 1. The smallest absolute Gasteiger partial charge is 0.246 e. The fourth-order valence-electron chi connectivity index (χ4n) is 1.49. The van der Waals surface area contributed by atoms with Crippen LogP contribution in [0.5, 0.6) is 0 Å². The highest BCUT2D eigenvalue weighted by molar-refractivity contribution is 6.00. The Morgan fingerprint density at radius 2 is 2.27 bits per heavy atom. The van der Waals surface area contributed by atoms with Crippen LogP contribution in [0.3, 0.4) is 0 Å². The zero-order chi connectivity index (χ0) is 11.3. The first-order valence-electron chi connectivity index (χ1n) is 4.93. The van der Waals surface area contributed by atoms with E-state index in [2.05, 4.69) is 5.32 Å². The third kappa shape index (κ3) is 3.02. The molecule has 1 atom stereocenters. The molecule has 0 aromatic heterocycles. The molecule has 84 valence electrons. The standard InChI is InChI=1S/C9H15N3O3/c10-7-2-3-8(14)12(9(7)15)5-1-4-11-6-13/h6-7H,1-5,10H2,(H,11,13)/t7-/m1/s1. The molecular formula is C9H15N3O3. The highest BCUT2D eigenvalue weighted by Gasteiger charge is 2.31. The predicted octanol–water partition coefficient (Wildman–Crippen LogP) is -1.40. The highest BCUT2D eigenvalue weighted by Crippen LogP contribution is 2.11. The molecule has 6 nitrogen and oxygen atoms in total. The Hall–Kier alpha value is -1.43. The first-order chi connectivity index (χ1) is 7.16. The van der Waals surface area contributed by atoms with Crippen molar-refractivity contribution in [3.8, 4) is 0 Å². The number of hydrogen-bond acceptors (Lipinski definition) is 4. The van der Waals surface area contributed by atoms with Crippen LogP contribution in [0.2, 0.25) is 0 Å². The van der Waals surface area contributed by atoms with Crippen molar-refractivity contribution >= 4 is 18.2 Å². The maximum absolute atomic E-state index is 11.5. The molecular weight excluding hydrogens is 198 g/mol. The molecule has 1 aliphatic heterocycles. The number of nitrogens with two attached hydrogens (primary N) is 1. The Bertz CT molecular complexity index is 267. The molecule has 0 bridgehead atoms. The van der Waals surface area contributed by atoms with Crippen LogP contribution in [0, 0.1) is 0 Å². The summed E-state index contributed by atoms with van der Waals surface area (Å²) in [7, 11) is 0. The quantitative estimate of drug-likeness (QED) is 0.334. The second-order valence-corrected chi connectivity index (χ2v) is 3.45. The van der Waals surface area contributed by atoms with Gasteiger partial charge in [0, 0.05) is 19.5 Å². The summed E-state index contributed by atoms with van der Waals surface area (Å²) in [5.74, 6) is -0.481. The van der Waals surface area contributed by atoms with E-state index in [0.717, 1.165) is 0 Å². The van der Waals surface area contributed by atoms with Crippen LogP contribution in [-0.2, 0) is 14.4 Å². The molecule has 0 aromatic rings. The summed E-state index contributed by atoms with van der Waals surface area (Å²) in [6.45, 7) is 0.780. The highest BCUT2D eigenvalue weighted by atomic mass is 16.2. The number of carbonyl (C=O) groups is 3. The molecule has 1 saturated heterocycles. The van der Waals surface area contributed by atoms with Gasteiger partial charge >= 0.3 is 0 Å². The van der Waals surface area contributed by atoms with Crippen molar-refractivity contribution < 1.29 is 14.4 Å². The van der Waals surface area contributed by atoms with Gasteiger partial charge in [0.05, 0.1) is 6.04 Å². The molecule has 0 saturated carbocycles. The van der Waals surface area contributed by atoms with E-state index in [1.807, 2.05) is 0 Å². The summed E-state index contributed by atoms with van der Waals surface area (Å²) in [6.07, 6.45) is 1.91. The zero-order valence-electron chi connectivity index (χ0n) is 8.44. The monoisotopic (exact) mass is 213 g/mol. The Morgan fingerprint density at radius 3 is 2.93 bits per heavy atom. The minimum Gasteiger partial charge on any atom is -0.359 e. The van der Waals surface area contributed by atoms with E-state index in [-0.39, 0.29) is 11.8 Å². The summed E-state index contributed by atoms with van der Waals surface area (Å²) in [5.41, 5.74) is 5.55. The first-order valence-corrected chi connectivity index (χ1v) is 4.93. The fourth-order valence-corrected chi connectivity index (χ4v) is 1.49. The SMILES string of the molecule is N[C@@H]1CCC(=O)N(CCCNC=O)C1=O. The lowest BCUT2D eigenvalue weighted by Crippen LogP contribution is -2.51. The zero-order valence-corrected chi connectivity index (χ0v) is 8.44. The molecule has 1 heterocycles. The van der Waals surface area contributed by atoms with Crippen molar-refractivity contribution in [1.82, 2.24) is 10.2 Å². The van der Waals surface area contributed by atoms with Crippen LogP contribution in [0.15, 0.2) is 0 Å². The van der Waals surface area contributed by atoms with Crippen LogP contribution in [0.25, 0.3) is 0 Å². The van der Waals surface area contributed by atoms with Gasteiger partial charge in [0.25, 0.3) is 0 Å². The minimum atomic E-state index is -0.554. The first kappa shape index (κ1) is 11.6. The molecule has 1 aliphatic rings. The normalized spacial score (nSPS) is 21.7. The average molecular weight is 213 g/mol. The van der Waals surface area contributed by atoms with E-state index in [4.69, 9.17) is 5.73 Å². The number of piperidine rings is 1. The lowest BCUT2D eigenvalue weighted by atomic mass is 10.0. The largest absolute Gasteiger partial charge is 0.359 e. The van der Waals surface area contributed by atoms with E-state index in [1.165, 1.54) is 4.90 Å². The molecule has 3 N–H and O–H groups in total. The molecule has 1 fully saturated rings. The van der Waals surface area contributed by atoms with Gasteiger partial charge in [-0.25, -0.2) is 0 Å². The summed E-state index contributed by atoms with van der Waals surface area (Å²) in [6, 6.07) is -0.554. The third-order valence-electron chi connectivity index (χ3n) is 2.34. The van der Waals surface area contributed by atoms with E-state index in [9.17, 15) is 14.4 Å². The summed E-state index contributed by atoms with van der Waals surface area (Å²) in [4.78, 5) is 34.0. The molecule has 0 aromatic carbocycles. The number of nitrogens with one attached hydrogen (secondary N) is 1. The van der Waals surface area contributed by atoms with Crippen molar-refractivity contribution in [1.29, 1.82) is 0 Å². The molecule has 6 heteroatoms. The van der Waals surface area contributed by atoms with Gasteiger partial charge in [0.2, 0.25) is 18.2 Å². The number of likely N-dealkylation sites (tertiary alicyclic amines) is 1. The van der Waals surface area contributed by atoms with E-state index < -0.39 is 6.04 Å². The second-order valence-electron chi connectivity index (χ2n) is 3.45. The van der Waals surface area contributed by atoms with Crippen molar-refractivity contribution in [2.24, 2.45) is 5.73 Å². The van der Waals surface area contributed by atoms with Crippen molar-refractivity contribution in [3.05, 3.63) is 0 Å². The Balaban J connectivity index is 2.39. The number of hydrogen-bond donors (Lipinski definition) is 2. The van der Waals surface area contributed by atoms with Gasteiger partial charge in [0.1, 0.15) is 0 Å². The van der Waals surface area contributed by atoms with Crippen LogP contribution in [0.1, 0.15) is 19.3 Å². The molecule has 1 rings (SSSR count). The van der Waals surface area contributed by atoms with E-state index in [1.54, 1.807) is 0 Å². The van der Waals surface area contributed by atoms with Gasteiger partial charge in [-0.15, -0.1) is 0 Å². The Labute approximate surface area is 87.8 Å². The lowest BCUT2D eigenvalue weighted by molar-refractivity contribution is -0.149. The Kier molecular flexibility index (Phi) is 4.23. The van der Waals surface area contributed by atoms with Crippen LogP contribution < -0.4 is 11.1 Å². The van der Waals surface area contributed by atoms with E-state index >= 15 is 0 Å². The molecule has 0 radical (unpaired) electrons. The predicted molar refractivity (Wildman–Crippen MR) is 52.6 cm³/mol. The van der Waals surface area contributed by atoms with Crippen LogP contribution >= 0.6 is 0 Å². The maximum Gasteiger partial charge on any atom is 0.246 e. The molecule has 15 heavy (non-hydrogen) atoms. The number of rotatable bonds is 5. The van der Waals surface area contributed by atoms with Gasteiger partial charge in [-0.1, -0.05) is 0 Å². The maximum atomic E-state index is 11.5. The third-order valence-corrected chi connectivity index (χ3v) is 2.34. The number of amides is 3. The summed E-state index contributed by atoms with van der Waals surface area (Å²) >= 11 is 0. The molecule has 0 unspecified atom stereocenters. The van der Waals surface area contributed by atoms with Gasteiger partial charge in [-0.2, -0.15) is 0 Å². The van der Waals surface area contributed by atoms with Crippen molar-refractivity contribution in [3.63, 3.8) is 0 Å². The summed E-state index contributed by atoms with van der Waals surface area (Å²) in [5, 5.41) is 2.47. The fraction of sp³-hybridized carbons (Fsp3) is 0.667. The molecule has 3 amide bonds. The Morgan fingerprint density at radius 1 is 1.53 bits per heavy atom. The topological polar surface area (TPSA) is 92.5 Å². The van der Waals surface area contributed by atoms with Crippen LogP contribution in [0.4, 0.5) is 0 Å². The van der Waals surface area contributed by atoms with Crippen molar-refractivity contribution in [2.45, 2.75) is 25.3 Å². The van der Waals surface area contributed by atoms with Crippen molar-refractivity contribution in [2.75, 3.05) is 13.1 Å². The molecule has 0 spiro atoms. The van der Waals surface area contributed by atoms with Crippen LogP contribution in [-0.4, -0.2) is 42.3 Å². The van der Waals surface area contributed by atoms with Gasteiger partial charge < -0.3 is 11.1 Å². The molecule has 0 aliphatic carbocycles. The van der Waals surface area contributed by atoms with Gasteiger partial charge in [-0.05, 0) is 12.8 Å². The minimum absolute atomic E-state index is 0.173. The van der Waals surface area contributed by atoms with Gasteiger partial charge in [0.15, 0.2) is 0 Å². The summed E-state index contributed by atoms with van der Waals surface area (Å²) < 4.78 is 0.